The normalized spacial score (nSPS) is 23.3. The zero-order valence-corrected chi connectivity index (χ0v) is 37.9. The predicted molar refractivity (Wildman–Crippen MR) is 229 cm³/mol. The highest BCUT2D eigenvalue weighted by molar-refractivity contribution is 7.53. The van der Waals surface area contributed by atoms with Gasteiger partial charge in [0, 0.05) is 30.3 Å². The van der Waals surface area contributed by atoms with Crippen molar-refractivity contribution in [2.45, 2.75) is 101 Å². The minimum atomic E-state index is -5.14. The molecular weight excluding hydrogens is 932 g/mol. The van der Waals surface area contributed by atoms with Gasteiger partial charge in [0.2, 0.25) is 6.23 Å². The Morgan fingerprint density at radius 3 is 2.45 bits per heavy atom. The van der Waals surface area contributed by atoms with Gasteiger partial charge in [0.25, 0.3) is 0 Å². The van der Waals surface area contributed by atoms with E-state index in [-0.39, 0.29) is 48.8 Å². The molecule has 3 aromatic heterocycles. The third-order valence-electron chi connectivity index (χ3n) is 10.2. The standard InChI is InChI=1S/C37H51N11O17P2/c1-37(2,3)65-36(53)45-21(9-6-11-41-35(52)59-14-19-7-4-5-8-20(19)38)33(50)64-29-23(63-32(28(29)49)48-18-44-27-30(40)42-17-43-31(27)48)16-60-66(54,55)24-13-26(47-12-10-25(39)46-34(47)51)62-22(24)15-61-67(56,57)58/h4-5,7-8,10,12,17-18,21-24,26,28-29,32,49H,6,9,11,13-16,38H2,1-3H3,(H9,39,40,41,42,43,45,46,51,52,53,54,55,56,57,58)/p+1/t21-,22+,23+,24-,26+,28+,29+,32+/m0/s1. The van der Waals surface area contributed by atoms with Crippen LogP contribution in [0.1, 0.15) is 58.1 Å². The number of ether oxygens (including phenoxy) is 5. The van der Waals surface area contributed by atoms with Crippen LogP contribution in [0.2, 0.25) is 0 Å². The smallest absolute Gasteiger partial charge is 0.455 e. The number of aromatic amines is 1. The van der Waals surface area contributed by atoms with Crippen molar-refractivity contribution in [3.63, 3.8) is 0 Å². The molecule has 9 atom stereocenters. The first kappa shape index (κ1) is 50.6. The van der Waals surface area contributed by atoms with Crippen LogP contribution in [0.15, 0.2) is 54.0 Å². The molecule has 4 aromatic rings. The SMILES string of the molecule is CC(C)(C)OC(=O)N[C@@H](CCCNC(=O)OCc1ccccc1N)C(=O)O[C@H]1[C@@H](O)[C@H](n2cnc3c(N)ncnc32)O[C@@H]1COP(=O)(O)[C@H]1C[C@H]([n+]2ccc(N)[nH]c2=O)O[C@@H]1COP(=O)(O)O. The quantitative estimate of drug-likeness (QED) is 0.0156. The largest absolute Gasteiger partial charge is 0.499 e. The van der Waals surface area contributed by atoms with E-state index >= 15 is 0 Å². The van der Waals surface area contributed by atoms with Crippen molar-refractivity contribution in [3.05, 3.63) is 65.2 Å². The van der Waals surface area contributed by atoms with Gasteiger partial charge >= 0.3 is 39.3 Å². The number of alkyl carbamates (subject to hydrolysis) is 2. The summed E-state index contributed by atoms with van der Waals surface area (Å²) in [5.41, 5.74) is 15.4. The summed E-state index contributed by atoms with van der Waals surface area (Å²) in [5.74, 6) is -1.16. The van der Waals surface area contributed by atoms with Gasteiger partial charge in [-0.15, -0.1) is 0 Å². The fraction of sp³-hybridized carbons (Fsp3) is 0.514. The molecule has 2 saturated heterocycles. The summed E-state index contributed by atoms with van der Waals surface area (Å²) < 4.78 is 66.5. The molecule has 13 N–H and O–H groups in total. The van der Waals surface area contributed by atoms with Crippen molar-refractivity contribution in [1.82, 2.24) is 35.1 Å². The number of hydrogen-bond donors (Lipinski definition) is 10. The molecule has 0 aliphatic carbocycles. The number of phosphoric ester groups is 1. The van der Waals surface area contributed by atoms with E-state index in [1.807, 2.05) is 0 Å². The Morgan fingerprint density at radius 2 is 1.75 bits per heavy atom. The third-order valence-corrected chi connectivity index (χ3v) is 12.6. The summed E-state index contributed by atoms with van der Waals surface area (Å²) in [6, 6.07) is 6.62. The number of carbonyl (C=O) groups excluding carboxylic acids is 3. The van der Waals surface area contributed by atoms with Crippen LogP contribution in [-0.2, 0) is 53.3 Å². The molecule has 30 heteroatoms. The van der Waals surface area contributed by atoms with Gasteiger partial charge in [-0.05, 0) is 39.7 Å². The van der Waals surface area contributed by atoms with Gasteiger partial charge in [0.15, 0.2) is 29.6 Å². The van der Waals surface area contributed by atoms with Gasteiger partial charge in [-0.2, -0.15) is 14.3 Å². The highest BCUT2D eigenvalue weighted by atomic mass is 31.2. The predicted octanol–water partition coefficient (Wildman–Crippen LogP) is -0.0137. The number of nitrogens with zero attached hydrogens (tertiary/aromatic N) is 5. The van der Waals surface area contributed by atoms with E-state index in [1.165, 1.54) is 23.2 Å². The number of fused-ring (bicyclic) bond motifs is 1. The number of carbonyl (C=O) groups is 3. The number of hydrogen-bond acceptors (Lipinski definition) is 20. The van der Waals surface area contributed by atoms with E-state index < -0.39 is 113 Å². The molecular formula is C37H52N11O17P2+. The Bertz CT molecular complexity index is 2570. The third kappa shape index (κ3) is 13.2. The number of aliphatic hydroxyl groups is 1. The van der Waals surface area contributed by atoms with E-state index in [0.717, 1.165) is 10.9 Å². The van der Waals surface area contributed by atoms with Crippen molar-refractivity contribution >= 4 is 62.1 Å². The number of amides is 2. The van der Waals surface area contributed by atoms with Crippen LogP contribution in [0.3, 0.4) is 0 Å². The van der Waals surface area contributed by atoms with Crippen LogP contribution in [0.5, 0.6) is 0 Å². The molecule has 0 radical (unpaired) electrons. The number of esters is 1. The van der Waals surface area contributed by atoms with Gasteiger partial charge in [0.1, 0.15) is 54.6 Å². The van der Waals surface area contributed by atoms with Crippen LogP contribution in [0.25, 0.3) is 11.2 Å². The lowest BCUT2D eigenvalue weighted by Crippen LogP contribution is -2.54. The van der Waals surface area contributed by atoms with Crippen molar-refractivity contribution in [2.24, 2.45) is 0 Å². The molecule has 6 rings (SSSR count). The first-order chi connectivity index (χ1) is 31.5. The molecule has 5 heterocycles. The van der Waals surface area contributed by atoms with E-state index in [2.05, 4.69) is 35.1 Å². The Morgan fingerprint density at radius 1 is 1.01 bits per heavy atom. The summed E-state index contributed by atoms with van der Waals surface area (Å²) in [5, 5.41) is 16.8. The average Bonchev–Trinajstić information content (AvgIpc) is 3.95. The molecule has 0 spiro atoms. The minimum Gasteiger partial charge on any atom is -0.455 e. The molecule has 2 amide bonds. The molecule has 2 aliphatic rings. The van der Waals surface area contributed by atoms with E-state index in [9.17, 15) is 48.1 Å². The number of rotatable bonds is 18. The molecule has 2 aliphatic heterocycles. The number of H-pyrrole nitrogens is 1. The average molecular weight is 985 g/mol. The molecule has 0 saturated carbocycles. The summed E-state index contributed by atoms with van der Waals surface area (Å²) in [4.78, 5) is 97.1. The van der Waals surface area contributed by atoms with Crippen molar-refractivity contribution in [1.29, 1.82) is 0 Å². The van der Waals surface area contributed by atoms with Gasteiger partial charge in [0.05, 0.1) is 25.2 Å². The number of anilines is 3. The number of nitrogens with two attached hydrogens (primary N) is 3. The summed E-state index contributed by atoms with van der Waals surface area (Å²) >= 11 is 0. The van der Waals surface area contributed by atoms with Gasteiger partial charge in [-0.3, -0.25) is 13.7 Å². The molecule has 2 fully saturated rings. The number of nitrogens with one attached hydrogen (secondary N) is 3. The maximum atomic E-state index is 14.1. The monoisotopic (exact) mass is 984 g/mol. The van der Waals surface area contributed by atoms with Crippen molar-refractivity contribution in [2.75, 3.05) is 37.0 Å². The number of aromatic nitrogens is 6. The number of benzene rings is 1. The lowest BCUT2D eigenvalue weighted by Gasteiger charge is -2.27. The van der Waals surface area contributed by atoms with E-state index in [0.29, 0.717) is 11.3 Å². The Hall–Kier alpha value is -5.80. The maximum Gasteiger partial charge on any atom is 0.499 e. The molecule has 28 nitrogen and oxygen atoms in total. The lowest BCUT2D eigenvalue weighted by molar-refractivity contribution is -0.773. The molecule has 67 heavy (non-hydrogen) atoms. The fourth-order valence-corrected chi connectivity index (χ4v) is 8.98. The maximum absolute atomic E-state index is 14.1. The topological polar surface area (TPSA) is 413 Å². The number of para-hydroxylation sites is 1. The van der Waals surface area contributed by atoms with Crippen molar-refractivity contribution in [3.8, 4) is 0 Å². The van der Waals surface area contributed by atoms with Crippen LogP contribution in [-0.4, -0.2) is 124 Å². The first-order valence-corrected chi connectivity index (χ1v) is 23.6. The van der Waals surface area contributed by atoms with Gasteiger partial charge < -0.3 is 75.8 Å². The van der Waals surface area contributed by atoms with Crippen molar-refractivity contribution < 1.29 is 80.6 Å². The highest BCUT2D eigenvalue weighted by Gasteiger charge is 2.53. The van der Waals surface area contributed by atoms with Crippen LogP contribution in [0, 0.1) is 0 Å². The second-order valence-electron chi connectivity index (χ2n) is 16.3. The van der Waals surface area contributed by atoms with Crippen LogP contribution >= 0.6 is 15.4 Å². The Labute approximate surface area is 380 Å². The number of imidazole rings is 1. The first-order valence-electron chi connectivity index (χ1n) is 20.4. The van der Waals surface area contributed by atoms with Crippen LogP contribution < -0.4 is 38.1 Å². The number of aliphatic hydroxyl groups excluding tert-OH is 1. The van der Waals surface area contributed by atoms with Crippen LogP contribution in [0.4, 0.5) is 26.9 Å². The second kappa shape index (κ2) is 21.0. The lowest BCUT2D eigenvalue weighted by atomic mass is 10.1. The van der Waals surface area contributed by atoms with Gasteiger partial charge in [-0.1, -0.05) is 18.2 Å². The fourth-order valence-electron chi connectivity index (χ4n) is 7.07. The second-order valence-corrected chi connectivity index (χ2v) is 19.6. The minimum absolute atomic E-state index is 0.00690. The number of phosphoric acid groups is 1. The summed E-state index contributed by atoms with van der Waals surface area (Å²) in [6.07, 6.45) is -8.16. The van der Waals surface area contributed by atoms with E-state index in [1.54, 1.807) is 45.0 Å². The summed E-state index contributed by atoms with van der Waals surface area (Å²) in [7, 11) is -10.2. The molecule has 1 aromatic carbocycles. The Kier molecular flexibility index (Phi) is 15.9. The number of nitrogen functional groups attached to an aromatic ring is 3. The molecule has 1 unspecified atom stereocenters. The Balaban J connectivity index is 1.21. The van der Waals surface area contributed by atoms with Gasteiger partial charge in [-0.25, -0.2) is 33.9 Å². The highest BCUT2D eigenvalue weighted by Crippen LogP contribution is 2.56. The zero-order chi connectivity index (χ0) is 48.8. The van der Waals surface area contributed by atoms with E-state index in [4.69, 9.17) is 45.4 Å². The molecule has 0 bridgehead atoms. The summed E-state index contributed by atoms with van der Waals surface area (Å²) in [6.45, 7) is 2.81. The zero-order valence-electron chi connectivity index (χ0n) is 36.1. The molecule has 366 valence electrons.